The summed E-state index contributed by atoms with van der Waals surface area (Å²) in [6.45, 7) is 2.61. The lowest BCUT2D eigenvalue weighted by molar-refractivity contribution is -0.135. The Morgan fingerprint density at radius 1 is 1.27 bits per heavy atom. The molecule has 3 N–H and O–H groups in total. The van der Waals surface area contributed by atoms with Crippen LogP contribution in [0.15, 0.2) is 42.6 Å². The molecule has 220 valence electrons. The lowest BCUT2D eigenvalue weighted by atomic mass is 10.1. The number of likely N-dealkylation sites (N-methyl/N-ethyl adjacent to an activating group) is 1. The summed E-state index contributed by atoms with van der Waals surface area (Å²) in [5.74, 6) is 2.16. The maximum Gasteiger partial charge on any atom is 0.267 e. The molecule has 0 saturated carbocycles. The monoisotopic (exact) mass is 571 g/mol. The summed E-state index contributed by atoms with van der Waals surface area (Å²) in [6.07, 6.45) is 5.45. The molecule has 1 aromatic heterocycles. The molecule has 0 radical (unpaired) electrons. The van der Waals surface area contributed by atoms with Gasteiger partial charge in [0.15, 0.2) is 0 Å². The zero-order valence-corrected chi connectivity index (χ0v) is 23.5. The molecule has 1 atom stereocenters. The second-order valence-electron chi connectivity index (χ2n) is 9.92. The smallest absolute Gasteiger partial charge is 0.267 e. The molecule has 1 fully saturated rings. The SMILES string of the molecule is CCCNc1nc(Nc2cccc(F)c2)ncc1C#CCCCNC(=O)[C@@H]1CC(F)(F)CN1C(=O)C=CCN(C)C. The normalized spacial score (nSPS) is 16.0. The first-order valence-electron chi connectivity index (χ1n) is 13.5. The molecule has 0 spiro atoms. The number of hydrogen-bond acceptors (Lipinski definition) is 7. The number of rotatable bonds is 12. The van der Waals surface area contributed by atoms with Gasteiger partial charge in [0, 0.05) is 44.2 Å². The fourth-order valence-electron chi connectivity index (χ4n) is 4.01. The first kappa shape index (κ1) is 31.4. The van der Waals surface area contributed by atoms with Gasteiger partial charge in [-0.1, -0.05) is 30.9 Å². The van der Waals surface area contributed by atoms with Crippen molar-refractivity contribution < 1.29 is 22.8 Å². The van der Waals surface area contributed by atoms with E-state index in [1.165, 1.54) is 18.2 Å². The molecule has 0 unspecified atom stereocenters. The molecule has 1 saturated heterocycles. The first-order chi connectivity index (χ1) is 19.6. The van der Waals surface area contributed by atoms with Crippen molar-refractivity contribution in [1.29, 1.82) is 0 Å². The maximum absolute atomic E-state index is 14.1. The minimum atomic E-state index is -3.12. The summed E-state index contributed by atoms with van der Waals surface area (Å²) in [5.41, 5.74) is 1.10. The number of amides is 2. The van der Waals surface area contributed by atoms with Crippen LogP contribution in [0.1, 0.15) is 38.2 Å². The van der Waals surface area contributed by atoms with Gasteiger partial charge >= 0.3 is 0 Å². The lowest BCUT2D eigenvalue weighted by Crippen LogP contribution is -2.45. The van der Waals surface area contributed by atoms with Crippen LogP contribution in [0.2, 0.25) is 0 Å². The second kappa shape index (κ2) is 15.0. The van der Waals surface area contributed by atoms with E-state index in [4.69, 9.17) is 0 Å². The number of hydrogen-bond donors (Lipinski definition) is 3. The van der Waals surface area contributed by atoms with Crippen LogP contribution >= 0.6 is 0 Å². The zero-order valence-electron chi connectivity index (χ0n) is 23.5. The van der Waals surface area contributed by atoms with Crippen LogP contribution in [0.3, 0.4) is 0 Å². The van der Waals surface area contributed by atoms with Gasteiger partial charge in [0.05, 0.1) is 18.3 Å². The van der Waals surface area contributed by atoms with E-state index in [-0.39, 0.29) is 12.4 Å². The van der Waals surface area contributed by atoms with Crippen molar-refractivity contribution in [3.05, 3.63) is 54.0 Å². The van der Waals surface area contributed by atoms with E-state index in [0.717, 1.165) is 11.3 Å². The molecule has 0 bridgehead atoms. The highest BCUT2D eigenvalue weighted by Gasteiger charge is 2.49. The summed E-state index contributed by atoms with van der Waals surface area (Å²) in [4.78, 5) is 36.6. The van der Waals surface area contributed by atoms with Crippen LogP contribution in [0.5, 0.6) is 0 Å². The number of carbonyl (C=O) groups is 2. The Labute approximate surface area is 238 Å². The highest BCUT2D eigenvalue weighted by molar-refractivity contribution is 5.93. The van der Waals surface area contributed by atoms with Crippen LogP contribution < -0.4 is 16.0 Å². The Morgan fingerprint density at radius 2 is 2.07 bits per heavy atom. The minimum absolute atomic E-state index is 0.224. The predicted molar refractivity (Wildman–Crippen MR) is 152 cm³/mol. The van der Waals surface area contributed by atoms with Crippen molar-refractivity contribution in [3.8, 4) is 11.8 Å². The van der Waals surface area contributed by atoms with E-state index in [9.17, 15) is 22.8 Å². The van der Waals surface area contributed by atoms with Crippen LogP contribution in [0, 0.1) is 17.7 Å². The number of nitrogens with one attached hydrogen (secondary N) is 3. The third-order valence-electron chi connectivity index (χ3n) is 6.00. The van der Waals surface area contributed by atoms with Gasteiger partial charge in [-0.2, -0.15) is 4.98 Å². The lowest BCUT2D eigenvalue weighted by Gasteiger charge is -2.21. The number of benzene rings is 1. The van der Waals surface area contributed by atoms with Crippen LogP contribution in [-0.2, 0) is 9.59 Å². The average molecular weight is 572 g/mol. The number of unbranched alkanes of at least 4 members (excludes halogenated alkanes) is 1. The van der Waals surface area contributed by atoms with Crippen molar-refractivity contribution in [2.45, 2.75) is 44.6 Å². The molecule has 9 nitrogen and oxygen atoms in total. The highest BCUT2D eigenvalue weighted by atomic mass is 19.3. The summed E-state index contributed by atoms with van der Waals surface area (Å²) in [6, 6.07) is 4.75. The highest BCUT2D eigenvalue weighted by Crippen LogP contribution is 2.32. The largest absolute Gasteiger partial charge is 0.369 e. The maximum atomic E-state index is 14.1. The van der Waals surface area contributed by atoms with Gasteiger partial charge in [0.1, 0.15) is 17.7 Å². The minimum Gasteiger partial charge on any atom is -0.369 e. The molecular weight excluding hydrogens is 535 g/mol. The fourth-order valence-corrected chi connectivity index (χ4v) is 4.01. The van der Waals surface area contributed by atoms with Gasteiger partial charge < -0.3 is 25.8 Å². The van der Waals surface area contributed by atoms with E-state index < -0.39 is 36.7 Å². The quantitative estimate of drug-likeness (QED) is 0.203. The van der Waals surface area contributed by atoms with Crippen molar-refractivity contribution in [2.24, 2.45) is 0 Å². The number of carbonyl (C=O) groups excluding carboxylic acids is 2. The molecule has 1 aliphatic rings. The Kier molecular flexibility index (Phi) is 11.5. The van der Waals surface area contributed by atoms with Gasteiger partial charge in [-0.25, -0.2) is 18.2 Å². The third-order valence-corrected chi connectivity index (χ3v) is 6.00. The van der Waals surface area contributed by atoms with Crippen LogP contribution in [-0.4, -0.2) is 83.8 Å². The van der Waals surface area contributed by atoms with Gasteiger partial charge in [0.2, 0.25) is 17.8 Å². The van der Waals surface area contributed by atoms with Crippen LogP contribution in [0.4, 0.5) is 30.6 Å². The van der Waals surface area contributed by atoms with Crippen molar-refractivity contribution in [3.63, 3.8) is 0 Å². The second-order valence-corrected chi connectivity index (χ2v) is 9.92. The molecule has 2 aromatic rings. The van der Waals surface area contributed by atoms with Crippen molar-refractivity contribution in [2.75, 3.05) is 50.9 Å². The molecule has 0 aliphatic carbocycles. The van der Waals surface area contributed by atoms with E-state index in [1.807, 2.05) is 25.9 Å². The number of anilines is 3. The Morgan fingerprint density at radius 3 is 2.80 bits per heavy atom. The van der Waals surface area contributed by atoms with Gasteiger partial charge in [-0.3, -0.25) is 9.59 Å². The summed E-state index contributed by atoms with van der Waals surface area (Å²) in [5, 5.41) is 8.84. The Bertz CT molecular complexity index is 1290. The van der Waals surface area contributed by atoms with E-state index >= 15 is 0 Å². The number of aromatic nitrogens is 2. The van der Waals surface area contributed by atoms with Crippen molar-refractivity contribution in [1.82, 2.24) is 25.1 Å². The number of likely N-dealkylation sites (tertiary alicyclic amines) is 1. The van der Waals surface area contributed by atoms with E-state index in [2.05, 4.69) is 37.8 Å². The fraction of sp³-hybridized carbons (Fsp3) is 0.448. The van der Waals surface area contributed by atoms with Gasteiger partial charge in [0.25, 0.3) is 5.92 Å². The molecule has 3 rings (SSSR count). The molecule has 2 heterocycles. The average Bonchev–Trinajstić information content (AvgIpc) is 3.25. The number of halogens is 3. The zero-order chi connectivity index (χ0) is 29.8. The third kappa shape index (κ3) is 10.1. The number of nitrogens with zero attached hydrogens (tertiary/aromatic N) is 4. The predicted octanol–water partition coefficient (Wildman–Crippen LogP) is 3.78. The molecular formula is C29H36F3N7O2. The van der Waals surface area contributed by atoms with Crippen molar-refractivity contribution >= 4 is 29.3 Å². The Balaban J connectivity index is 1.54. The molecule has 2 amide bonds. The molecule has 12 heteroatoms. The van der Waals surface area contributed by atoms with Crippen LogP contribution in [0.25, 0.3) is 0 Å². The molecule has 41 heavy (non-hydrogen) atoms. The summed E-state index contributed by atoms with van der Waals surface area (Å²) < 4.78 is 41.6. The van der Waals surface area contributed by atoms with Gasteiger partial charge in [-0.05, 0) is 45.1 Å². The molecule has 1 aromatic carbocycles. The van der Waals surface area contributed by atoms with E-state index in [0.29, 0.717) is 48.9 Å². The Hall–Kier alpha value is -4.11. The van der Waals surface area contributed by atoms with E-state index in [1.54, 1.807) is 24.4 Å². The molecule has 1 aliphatic heterocycles. The summed E-state index contributed by atoms with van der Waals surface area (Å²) in [7, 11) is 3.64. The summed E-state index contributed by atoms with van der Waals surface area (Å²) >= 11 is 0. The topological polar surface area (TPSA) is 102 Å². The number of alkyl halides is 2. The van der Waals surface area contributed by atoms with Gasteiger partial charge in [-0.15, -0.1) is 0 Å². The standard InChI is InChI=1S/C29H36F3N7O2/c1-4-14-33-26-21(19-35-28(37-26)36-23-12-8-11-22(30)17-23)10-6-5-7-15-34-27(41)24-18-29(31,32)20-39(24)25(40)13-9-16-38(2)3/h8-9,11-13,17,19,24H,4-5,7,14-16,18,20H2,1-3H3,(H,34,41)(H2,33,35,36,37)/t24-/m0/s1. The first-order valence-corrected chi connectivity index (χ1v) is 13.5.